The number of halogens is 3. The Labute approximate surface area is 219 Å². The summed E-state index contributed by atoms with van der Waals surface area (Å²) in [6, 6.07) is 12.6. The second-order valence-corrected chi connectivity index (χ2v) is 9.38. The molecule has 3 aromatic rings. The van der Waals surface area contributed by atoms with Crippen LogP contribution < -0.4 is 10.2 Å². The highest BCUT2D eigenvalue weighted by molar-refractivity contribution is 6.04. The van der Waals surface area contributed by atoms with Crippen LogP contribution in [0.5, 0.6) is 0 Å². The van der Waals surface area contributed by atoms with Crippen LogP contribution in [0.4, 0.5) is 24.5 Å². The maximum Gasteiger partial charge on any atom is 0.418 e. The number of aryl methyl sites for hydroxylation is 1. The van der Waals surface area contributed by atoms with Crippen LogP contribution >= 0.6 is 0 Å². The van der Waals surface area contributed by atoms with Crippen molar-refractivity contribution in [2.24, 2.45) is 0 Å². The molecule has 2 aromatic carbocycles. The van der Waals surface area contributed by atoms with Gasteiger partial charge in [-0.1, -0.05) is 24.3 Å². The molecule has 9 heteroatoms. The van der Waals surface area contributed by atoms with Crippen molar-refractivity contribution in [1.29, 1.82) is 0 Å². The number of pyridine rings is 1. The lowest BCUT2D eigenvalue weighted by molar-refractivity contribution is -0.137. The van der Waals surface area contributed by atoms with Crippen molar-refractivity contribution >= 4 is 29.1 Å². The molecule has 0 aliphatic carbocycles. The molecule has 0 saturated carbocycles. The molecule has 1 aromatic heterocycles. The first-order valence-electron chi connectivity index (χ1n) is 12.3. The fraction of sp³-hybridized carbons (Fsp3) is 0.276. The van der Waals surface area contributed by atoms with Crippen molar-refractivity contribution < 1.29 is 22.8 Å². The molecule has 1 aliphatic rings. The van der Waals surface area contributed by atoms with E-state index in [1.165, 1.54) is 12.1 Å². The quantitative estimate of drug-likeness (QED) is 0.340. The molecule has 198 valence electrons. The van der Waals surface area contributed by atoms with E-state index in [0.29, 0.717) is 37.4 Å². The normalized spacial score (nSPS) is 14.6. The summed E-state index contributed by atoms with van der Waals surface area (Å²) < 4.78 is 41.8. The molecule has 1 aliphatic heterocycles. The van der Waals surface area contributed by atoms with E-state index in [9.17, 15) is 22.8 Å². The van der Waals surface area contributed by atoms with E-state index in [2.05, 4.69) is 15.2 Å². The number of nitrogens with one attached hydrogen (secondary N) is 1. The molecule has 1 saturated heterocycles. The third-order valence-electron chi connectivity index (χ3n) is 6.50. The lowest BCUT2D eigenvalue weighted by Gasteiger charge is -2.35. The molecule has 0 bridgehead atoms. The predicted octanol–water partition coefficient (Wildman–Crippen LogP) is 5.24. The summed E-state index contributed by atoms with van der Waals surface area (Å²) in [6.45, 7) is 4.17. The fourth-order valence-corrected chi connectivity index (χ4v) is 4.28. The maximum atomic E-state index is 13.9. The van der Waals surface area contributed by atoms with Crippen LogP contribution in [0.1, 0.15) is 32.6 Å². The van der Waals surface area contributed by atoms with Gasteiger partial charge in [-0.15, -0.1) is 0 Å². The summed E-state index contributed by atoms with van der Waals surface area (Å²) >= 11 is 0. The summed E-state index contributed by atoms with van der Waals surface area (Å²) in [4.78, 5) is 33.2. The molecular weight excluding hydrogens is 493 g/mol. The molecule has 2 heterocycles. The number of rotatable bonds is 7. The Morgan fingerprint density at radius 1 is 1.05 bits per heavy atom. The number of Topliss-reactive ketones (excluding diaryl/α,β-unsaturated/α-hetero) is 1. The zero-order chi connectivity index (χ0) is 27.3. The van der Waals surface area contributed by atoms with Crippen LogP contribution in [0.3, 0.4) is 0 Å². The van der Waals surface area contributed by atoms with Crippen LogP contribution in [0.25, 0.3) is 6.08 Å². The van der Waals surface area contributed by atoms with Crippen molar-refractivity contribution in [2.75, 3.05) is 43.4 Å². The van der Waals surface area contributed by atoms with E-state index in [1.807, 2.05) is 13.1 Å². The first-order valence-corrected chi connectivity index (χ1v) is 12.3. The van der Waals surface area contributed by atoms with Gasteiger partial charge in [-0.25, -0.2) is 0 Å². The number of hydrogen-bond donors (Lipinski definition) is 1. The number of anilines is 2. The monoisotopic (exact) mass is 522 g/mol. The van der Waals surface area contributed by atoms with E-state index < -0.39 is 11.7 Å². The van der Waals surface area contributed by atoms with Gasteiger partial charge in [-0.2, -0.15) is 13.2 Å². The minimum absolute atomic E-state index is 0.140. The average molecular weight is 523 g/mol. The van der Waals surface area contributed by atoms with Gasteiger partial charge < -0.3 is 15.1 Å². The van der Waals surface area contributed by atoms with Gasteiger partial charge in [-0.05, 0) is 61.0 Å². The van der Waals surface area contributed by atoms with Gasteiger partial charge in [-0.3, -0.25) is 14.6 Å². The van der Waals surface area contributed by atoms with E-state index in [1.54, 1.807) is 60.6 Å². The minimum Gasteiger partial charge on any atom is -0.368 e. The van der Waals surface area contributed by atoms with Crippen molar-refractivity contribution in [1.82, 2.24) is 9.88 Å². The van der Waals surface area contributed by atoms with Gasteiger partial charge >= 0.3 is 6.18 Å². The highest BCUT2D eigenvalue weighted by Crippen LogP contribution is 2.38. The zero-order valence-corrected chi connectivity index (χ0v) is 21.3. The number of ketones is 1. The summed E-state index contributed by atoms with van der Waals surface area (Å²) in [5, 5.41) is 2.76. The van der Waals surface area contributed by atoms with Gasteiger partial charge in [0.05, 0.1) is 5.56 Å². The van der Waals surface area contributed by atoms with E-state index in [-0.39, 0.29) is 29.4 Å². The molecule has 0 unspecified atom stereocenters. The lowest BCUT2D eigenvalue weighted by atomic mass is 9.98. The largest absolute Gasteiger partial charge is 0.418 e. The molecule has 1 N–H and O–H groups in total. The van der Waals surface area contributed by atoms with Crippen LogP contribution in [-0.2, 0) is 17.4 Å². The van der Waals surface area contributed by atoms with Gasteiger partial charge in [0.2, 0.25) is 5.91 Å². The molecule has 1 amide bonds. The SMILES string of the molecule is Cc1ccc(C(=O)Cc2ccc(N3CCN(C)CC3)c(C(F)(F)F)c2)cc1NC(=O)/C=C/c1cccnc1. The highest BCUT2D eigenvalue weighted by atomic mass is 19.4. The van der Waals surface area contributed by atoms with Crippen molar-refractivity contribution in [2.45, 2.75) is 19.5 Å². The minimum atomic E-state index is -4.54. The van der Waals surface area contributed by atoms with Crippen molar-refractivity contribution in [3.8, 4) is 0 Å². The third kappa shape index (κ3) is 6.86. The molecule has 0 spiro atoms. The second-order valence-electron chi connectivity index (χ2n) is 9.38. The second kappa shape index (κ2) is 11.6. The number of nitrogens with zero attached hydrogens (tertiary/aromatic N) is 3. The standard InChI is InChI=1S/C29H29F3N4O2/c1-20-5-8-23(18-25(20)34-28(38)10-7-21-4-3-11-33-19-21)27(37)17-22-6-9-26(24(16-22)29(30,31)32)36-14-12-35(2)13-15-36/h3-11,16,18-19H,12-15,17H2,1-2H3,(H,34,38)/b10-7+. The number of amides is 1. The number of likely N-dealkylation sites (N-methyl/N-ethyl adjacent to an activating group) is 1. The van der Waals surface area contributed by atoms with Crippen LogP contribution in [0, 0.1) is 6.92 Å². The summed E-state index contributed by atoms with van der Waals surface area (Å²) in [7, 11) is 1.94. The number of alkyl halides is 3. The fourth-order valence-electron chi connectivity index (χ4n) is 4.28. The van der Waals surface area contributed by atoms with Crippen molar-refractivity contribution in [3.05, 3.63) is 94.8 Å². The Balaban J connectivity index is 1.49. The molecule has 0 radical (unpaired) electrons. The molecule has 6 nitrogen and oxygen atoms in total. The van der Waals surface area contributed by atoms with Gasteiger partial charge in [0, 0.05) is 68.0 Å². The lowest BCUT2D eigenvalue weighted by Crippen LogP contribution is -2.45. The van der Waals surface area contributed by atoms with E-state index >= 15 is 0 Å². The van der Waals surface area contributed by atoms with E-state index in [4.69, 9.17) is 0 Å². The van der Waals surface area contributed by atoms with Crippen LogP contribution in [0.2, 0.25) is 0 Å². The smallest absolute Gasteiger partial charge is 0.368 e. The molecule has 1 fully saturated rings. The molecule has 4 rings (SSSR count). The number of piperazine rings is 1. The van der Waals surface area contributed by atoms with Gasteiger partial charge in [0.15, 0.2) is 5.78 Å². The number of aromatic nitrogens is 1. The topological polar surface area (TPSA) is 65.5 Å². The number of carbonyl (C=O) groups is 2. The van der Waals surface area contributed by atoms with Crippen molar-refractivity contribution in [3.63, 3.8) is 0 Å². The zero-order valence-electron chi connectivity index (χ0n) is 21.3. The summed E-state index contributed by atoms with van der Waals surface area (Å²) in [6.07, 6.45) is 1.51. The molecule has 38 heavy (non-hydrogen) atoms. The molecular formula is C29H29F3N4O2. The molecule has 0 atom stereocenters. The van der Waals surface area contributed by atoms with Crippen LogP contribution in [-0.4, -0.2) is 54.8 Å². The highest BCUT2D eigenvalue weighted by Gasteiger charge is 2.35. The predicted molar refractivity (Wildman–Crippen MR) is 142 cm³/mol. The number of carbonyl (C=O) groups excluding carboxylic acids is 2. The number of hydrogen-bond acceptors (Lipinski definition) is 5. The van der Waals surface area contributed by atoms with E-state index in [0.717, 1.165) is 17.2 Å². The average Bonchev–Trinajstić information content (AvgIpc) is 2.89. The first-order chi connectivity index (χ1) is 18.1. The first kappa shape index (κ1) is 27.1. The summed E-state index contributed by atoms with van der Waals surface area (Å²) in [5.41, 5.74) is 1.97. The van der Waals surface area contributed by atoms with Gasteiger partial charge in [0.1, 0.15) is 0 Å². The van der Waals surface area contributed by atoms with Crippen LogP contribution in [0.15, 0.2) is 67.0 Å². The Morgan fingerprint density at radius 2 is 1.82 bits per heavy atom. The maximum absolute atomic E-state index is 13.9. The summed E-state index contributed by atoms with van der Waals surface area (Å²) in [5.74, 6) is -0.720. The Bertz CT molecular complexity index is 1330. The Morgan fingerprint density at radius 3 is 2.50 bits per heavy atom. The Hall–Kier alpha value is -3.98. The third-order valence-corrected chi connectivity index (χ3v) is 6.50. The Kier molecular flexibility index (Phi) is 8.26. The number of benzene rings is 2. The van der Waals surface area contributed by atoms with Gasteiger partial charge in [0.25, 0.3) is 0 Å².